The van der Waals surface area contributed by atoms with Crippen molar-refractivity contribution in [2.45, 2.75) is 12.8 Å². The normalized spacial score (nSPS) is 32.0. The first-order chi connectivity index (χ1) is 3.97. The topological polar surface area (TPSA) is 0 Å². The summed E-state index contributed by atoms with van der Waals surface area (Å²) in [6.45, 7) is 0. The van der Waals surface area contributed by atoms with E-state index >= 15 is 0 Å². The molecule has 8 heavy (non-hydrogen) atoms. The van der Waals surface area contributed by atoms with Crippen LogP contribution in [0, 0.1) is 12.3 Å². The molecule has 1 saturated carbocycles. The number of fused-ring (bicyclic) bond motifs is 1. The molecule has 0 bridgehead atoms. The van der Waals surface area contributed by atoms with Crippen molar-refractivity contribution in [3.63, 3.8) is 0 Å². The Bertz CT molecular complexity index is 151. The van der Waals surface area contributed by atoms with Gasteiger partial charge >= 0.3 is 0 Å². The molecule has 0 aromatic rings. The molecule has 40 valence electrons. The molecule has 0 saturated heterocycles. The van der Waals surface area contributed by atoms with E-state index in [-0.39, 0.29) is 0 Å². The fraction of sp³-hybridized carbons (Fsp3) is 0.375. The first kappa shape index (κ1) is 4.25. The lowest BCUT2D eigenvalue weighted by Gasteiger charge is -2.21. The van der Waals surface area contributed by atoms with Gasteiger partial charge in [-0.15, -0.1) is 0 Å². The Hall–Kier alpha value is -0.650. The first-order valence-corrected chi connectivity index (χ1v) is 3.17. The lowest BCUT2D eigenvalue weighted by atomic mass is 9.76. The van der Waals surface area contributed by atoms with E-state index in [1.807, 2.05) is 0 Å². The lowest BCUT2D eigenvalue weighted by molar-refractivity contribution is 0.528. The van der Waals surface area contributed by atoms with Crippen molar-refractivity contribution >= 4 is 0 Å². The summed E-state index contributed by atoms with van der Waals surface area (Å²) in [4.78, 5) is 0. The molecule has 1 fully saturated rings. The van der Waals surface area contributed by atoms with Crippen LogP contribution in [0.15, 0.2) is 23.8 Å². The lowest BCUT2D eigenvalue weighted by Crippen LogP contribution is -2.14. The number of hydrogen-bond acceptors (Lipinski definition) is 0. The number of rotatable bonds is 0. The molecular weight excluding hydrogens is 96.1 g/mol. The number of allylic oxidation sites excluding steroid dienone is 4. The molecule has 0 nitrogen and oxygen atoms in total. The zero-order valence-electron chi connectivity index (χ0n) is 4.80. The van der Waals surface area contributed by atoms with Gasteiger partial charge in [-0.3, -0.25) is 0 Å². The van der Waals surface area contributed by atoms with Gasteiger partial charge in [0.1, 0.15) is 0 Å². The predicted molar refractivity (Wildman–Crippen MR) is 34.2 cm³/mol. The minimum Gasteiger partial charge on any atom is -0.00409 e. The SMILES string of the molecule is C1=CC2CCC2=C[CH+]1. The second kappa shape index (κ2) is 1.41. The highest BCUT2D eigenvalue weighted by atomic mass is 14.3. The van der Waals surface area contributed by atoms with E-state index in [1.165, 1.54) is 12.8 Å². The van der Waals surface area contributed by atoms with E-state index in [1.54, 1.807) is 5.57 Å². The molecular formula is C8H9+. The van der Waals surface area contributed by atoms with Crippen LogP contribution in [0.4, 0.5) is 0 Å². The van der Waals surface area contributed by atoms with E-state index in [4.69, 9.17) is 0 Å². The molecule has 1 unspecified atom stereocenters. The molecule has 0 N–H and O–H groups in total. The smallest absolute Gasteiger partial charge is 0.00409 e. The molecule has 0 amide bonds. The highest BCUT2D eigenvalue weighted by Crippen LogP contribution is 2.36. The van der Waals surface area contributed by atoms with E-state index < -0.39 is 0 Å². The predicted octanol–water partition coefficient (Wildman–Crippen LogP) is 2.10. The van der Waals surface area contributed by atoms with Gasteiger partial charge in [0.25, 0.3) is 0 Å². The van der Waals surface area contributed by atoms with Crippen LogP contribution in [-0.2, 0) is 0 Å². The minimum atomic E-state index is 0.833. The Balaban J connectivity index is 2.21. The third-order valence-electron chi connectivity index (χ3n) is 1.99. The van der Waals surface area contributed by atoms with Crippen molar-refractivity contribution in [3.05, 3.63) is 30.2 Å². The van der Waals surface area contributed by atoms with Crippen molar-refractivity contribution in [1.29, 1.82) is 0 Å². The fourth-order valence-corrected chi connectivity index (χ4v) is 1.28. The molecule has 0 radical (unpaired) electrons. The van der Waals surface area contributed by atoms with Crippen molar-refractivity contribution in [2.75, 3.05) is 0 Å². The summed E-state index contributed by atoms with van der Waals surface area (Å²) < 4.78 is 0. The van der Waals surface area contributed by atoms with Gasteiger partial charge in [-0.25, -0.2) is 0 Å². The van der Waals surface area contributed by atoms with Crippen LogP contribution in [0.5, 0.6) is 0 Å². The Kier molecular flexibility index (Phi) is 0.750. The van der Waals surface area contributed by atoms with Gasteiger partial charge in [0.05, 0.1) is 5.92 Å². The molecule has 0 aromatic heterocycles. The van der Waals surface area contributed by atoms with Gasteiger partial charge in [0.2, 0.25) is 0 Å². The van der Waals surface area contributed by atoms with Crippen LogP contribution in [-0.4, -0.2) is 0 Å². The fourth-order valence-electron chi connectivity index (χ4n) is 1.28. The molecule has 1 atom stereocenters. The van der Waals surface area contributed by atoms with Crippen molar-refractivity contribution < 1.29 is 0 Å². The van der Waals surface area contributed by atoms with Crippen molar-refractivity contribution in [3.8, 4) is 0 Å². The zero-order chi connectivity index (χ0) is 5.40. The van der Waals surface area contributed by atoms with Gasteiger partial charge in [0.15, 0.2) is 0 Å². The van der Waals surface area contributed by atoms with Gasteiger partial charge in [-0.1, -0.05) is 0 Å². The van der Waals surface area contributed by atoms with Crippen LogP contribution >= 0.6 is 0 Å². The first-order valence-electron chi connectivity index (χ1n) is 3.17. The van der Waals surface area contributed by atoms with E-state index in [2.05, 4.69) is 24.6 Å². The van der Waals surface area contributed by atoms with Crippen LogP contribution < -0.4 is 0 Å². The Morgan fingerprint density at radius 1 is 1.62 bits per heavy atom. The van der Waals surface area contributed by atoms with Crippen molar-refractivity contribution in [1.82, 2.24) is 0 Å². The summed E-state index contributed by atoms with van der Waals surface area (Å²) in [6, 6.07) is 0. The minimum absolute atomic E-state index is 0.833. The quantitative estimate of drug-likeness (QED) is 0.414. The van der Waals surface area contributed by atoms with Gasteiger partial charge in [-0.05, 0) is 6.42 Å². The summed E-state index contributed by atoms with van der Waals surface area (Å²) >= 11 is 0. The van der Waals surface area contributed by atoms with Crippen LogP contribution in [0.1, 0.15) is 12.8 Å². The molecule has 2 aliphatic carbocycles. The largest absolute Gasteiger partial charge is 0.0869 e. The monoisotopic (exact) mass is 105 g/mol. The van der Waals surface area contributed by atoms with Gasteiger partial charge in [0, 0.05) is 36.6 Å². The maximum absolute atomic E-state index is 2.29. The second-order valence-corrected chi connectivity index (χ2v) is 2.46. The molecule has 0 heteroatoms. The average molecular weight is 105 g/mol. The van der Waals surface area contributed by atoms with Crippen LogP contribution in [0.2, 0.25) is 0 Å². The van der Waals surface area contributed by atoms with Gasteiger partial charge < -0.3 is 0 Å². The van der Waals surface area contributed by atoms with E-state index in [9.17, 15) is 0 Å². The standard InChI is InChI=1S/C8H9/c1-2-4-8-6-5-7(8)3-1/h1-4,7H,5-6H2/q+1. The van der Waals surface area contributed by atoms with Crippen molar-refractivity contribution in [2.24, 2.45) is 5.92 Å². The maximum atomic E-state index is 2.29. The van der Waals surface area contributed by atoms with Crippen LogP contribution in [0.25, 0.3) is 0 Å². The Labute approximate surface area is 49.9 Å². The van der Waals surface area contributed by atoms with Gasteiger partial charge in [-0.2, -0.15) is 0 Å². The summed E-state index contributed by atoms with van der Waals surface area (Å²) in [5.74, 6) is 0.833. The van der Waals surface area contributed by atoms with Crippen LogP contribution in [0.3, 0.4) is 0 Å². The molecule has 0 heterocycles. The zero-order valence-corrected chi connectivity index (χ0v) is 4.80. The number of hydrogen-bond donors (Lipinski definition) is 0. The Morgan fingerprint density at radius 2 is 2.62 bits per heavy atom. The average Bonchev–Trinajstić information content (AvgIpc) is 1.72. The summed E-state index contributed by atoms with van der Waals surface area (Å²) in [5.41, 5.74) is 1.63. The Morgan fingerprint density at radius 3 is 3.00 bits per heavy atom. The molecule has 2 rings (SSSR count). The van der Waals surface area contributed by atoms with E-state index in [0.29, 0.717) is 0 Å². The third-order valence-corrected chi connectivity index (χ3v) is 1.99. The summed E-state index contributed by atoms with van der Waals surface area (Å²) in [5, 5.41) is 0. The molecule has 2 aliphatic rings. The highest BCUT2D eigenvalue weighted by molar-refractivity contribution is 5.31. The third kappa shape index (κ3) is 0.430. The molecule has 0 aromatic carbocycles. The van der Waals surface area contributed by atoms with E-state index in [0.717, 1.165) is 5.92 Å². The second-order valence-electron chi connectivity index (χ2n) is 2.46. The molecule has 0 aliphatic heterocycles. The summed E-state index contributed by atoms with van der Waals surface area (Å²) in [6.07, 6.45) is 11.5. The molecule has 0 spiro atoms. The summed E-state index contributed by atoms with van der Waals surface area (Å²) in [7, 11) is 0. The highest BCUT2D eigenvalue weighted by Gasteiger charge is 2.29. The maximum Gasteiger partial charge on any atom is 0.0869 e.